The minimum Gasteiger partial charge on any atom is -0.455 e. The molecule has 0 fully saturated rings. The molecule has 7 aromatic heterocycles. The highest BCUT2D eigenvalue weighted by atomic mass is 16.3. The van der Waals surface area contributed by atoms with Gasteiger partial charge in [0.2, 0.25) is 0 Å². The molecule has 0 saturated heterocycles. The highest BCUT2D eigenvalue weighted by Crippen LogP contribution is 2.45. The van der Waals surface area contributed by atoms with Gasteiger partial charge in [0.25, 0.3) is 0 Å². The lowest BCUT2D eigenvalue weighted by molar-refractivity contribution is 0.672. The van der Waals surface area contributed by atoms with E-state index in [0.717, 1.165) is 187 Å². The number of fused-ring (bicyclic) bond motifs is 22. The Labute approximate surface area is 500 Å². The quantitative estimate of drug-likeness (QED) is 0.166. The molecule has 0 spiro atoms. The first-order valence-electron chi connectivity index (χ1n) is 29.8. The van der Waals surface area contributed by atoms with Crippen LogP contribution < -0.4 is 0 Å². The summed E-state index contributed by atoms with van der Waals surface area (Å²) in [6.07, 6.45) is 0. The second-order valence-corrected chi connectivity index (χ2v) is 23.1. The lowest BCUT2D eigenvalue weighted by atomic mass is 9.99. The fourth-order valence-electron chi connectivity index (χ4n) is 14.6. The van der Waals surface area contributed by atoms with E-state index in [0.29, 0.717) is 5.82 Å². The highest BCUT2D eigenvalue weighted by Gasteiger charge is 2.24. The molecule has 0 bridgehead atoms. The van der Waals surface area contributed by atoms with Crippen molar-refractivity contribution >= 4 is 142 Å². The molecule has 7 heterocycles. The van der Waals surface area contributed by atoms with Gasteiger partial charge in [-0.1, -0.05) is 152 Å². The average Bonchev–Trinajstić information content (AvgIpc) is 1.71. The van der Waals surface area contributed by atoms with Crippen LogP contribution in [0.25, 0.3) is 193 Å². The second kappa shape index (κ2) is 17.8. The molecule has 0 saturated carbocycles. The summed E-state index contributed by atoms with van der Waals surface area (Å²) in [6, 6.07) is 97.1. The van der Waals surface area contributed by atoms with E-state index in [9.17, 15) is 0 Å². The van der Waals surface area contributed by atoms with E-state index in [2.05, 4.69) is 262 Å². The molecule has 0 aliphatic heterocycles. The van der Waals surface area contributed by atoms with Crippen LogP contribution >= 0.6 is 0 Å². The number of hydrogen-bond acceptors (Lipinski definition) is 5. The van der Waals surface area contributed by atoms with Crippen molar-refractivity contribution in [2.75, 3.05) is 0 Å². The van der Waals surface area contributed by atoms with E-state index >= 15 is 0 Å². The number of aromatic nitrogens is 5. The predicted molar refractivity (Wildman–Crippen MR) is 361 cm³/mol. The number of para-hydroxylation sites is 6. The summed E-state index contributed by atoms with van der Waals surface area (Å²) in [5.74, 6) is 0.627. The lowest BCUT2D eigenvalue weighted by Crippen LogP contribution is -1.99. The molecule has 408 valence electrons. The van der Waals surface area contributed by atoms with Crippen molar-refractivity contribution in [2.24, 2.45) is 0 Å². The van der Waals surface area contributed by atoms with Crippen molar-refractivity contribution in [1.82, 2.24) is 23.7 Å². The van der Waals surface area contributed by atoms with Crippen molar-refractivity contribution in [3.8, 4) is 50.8 Å². The Morgan fingerprint density at radius 1 is 0.239 bits per heavy atom. The summed E-state index contributed by atoms with van der Waals surface area (Å²) in [7, 11) is 0. The standard InChI is InChI=1S/C80H45N5O3/c1-7-25-64-59(22-1)73-67(40-36-56-53-19-4-10-28-70(53)86-77(56)73)83(64)50-34-31-46(32-35-50)47-33-39-63-62(45-47)76(48-15-13-17-51(43-48)84-65-26-8-2-23-60(65)74-68(84)41-37-57-54-20-5-11-29-71(54)87-78(57)74)82-80(81-63)49-16-14-18-52(44-49)85-66-27-9-3-24-61(66)75-69(85)42-38-58-55-21-6-12-30-72(55)88-79(58)75/h1-45H. The van der Waals surface area contributed by atoms with Crippen LogP contribution in [0, 0.1) is 0 Å². The molecule has 20 aromatic rings. The molecule has 8 heteroatoms. The van der Waals surface area contributed by atoms with Gasteiger partial charge in [-0.25, -0.2) is 9.97 Å². The number of nitrogens with zero attached hydrogens (tertiary/aromatic N) is 5. The van der Waals surface area contributed by atoms with Crippen molar-refractivity contribution < 1.29 is 13.3 Å². The van der Waals surface area contributed by atoms with Gasteiger partial charge < -0.3 is 27.0 Å². The minimum atomic E-state index is 0.627. The Hall–Kier alpha value is -12.0. The number of rotatable bonds is 6. The van der Waals surface area contributed by atoms with Crippen molar-refractivity contribution in [3.05, 3.63) is 273 Å². The first-order valence-corrected chi connectivity index (χ1v) is 29.8. The van der Waals surface area contributed by atoms with E-state index in [1.165, 1.54) is 0 Å². The monoisotopic (exact) mass is 1120 g/mol. The molecular weight excluding hydrogens is 1080 g/mol. The molecule has 13 aromatic carbocycles. The third-order valence-corrected chi connectivity index (χ3v) is 18.4. The zero-order chi connectivity index (χ0) is 57.3. The van der Waals surface area contributed by atoms with Crippen molar-refractivity contribution in [3.63, 3.8) is 0 Å². The van der Waals surface area contributed by atoms with Crippen molar-refractivity contribution in [2.45, 2.75) is 0 Å². The van der Waals surface area contributed by atoms with E-state index in [4.69, 9.17) is 23.2 Å². The van der Waals surface area contributed by atoms with Crippen LogP contribution in [0.4, 0.5) is 0 Å². The smallest absolute Gasteiger partial charge is 0.160 e. The summed E-state index contributed by atoms with van der Waals surface area (Å²) in [6.45, 7) is 0. The van der Waals surface area contributed by atoms with E-state index in [1.807, 2.05) is 24.3 Å². The molecule has 8 nitrogen and oxygen atoms in total. The van der Waals surface area contributed by atoms with Crippen LogP contribution in [0.15, 0.2) is 286 Å². The third kappa shape index (κ3) is 6.62. The molecule has 0 radical (unpaired) electrons. The molecule has 0 aliphatic rings. The molecule has 20 rings (SSSR count). The number of benzene rings is 13. The normalized spacial score (nSPS) is 12.3. The van der Waals surface area contributed by atoms with Crippen LogP contribution in [0.5, 0.6) is 0 Å². The largest absolute Gasteiger partial charge is 0.455 e. The van der Waals surface area contributed by atoms with Gasteiger partial charge in [0.15, 0.2) is 5.82 Å². The molecule has 0 unspecified atom stereocenters. The van der Waals surface area contributed by atoms with Gasteiger partial charge >= 0.3 is 0 Å². The maximum atomic E-state index is 6.71. The number of hydrogen-bond donors (Lipinski definition) is 0. The highest BCUT2D eigenvalue weighted by molar-refractivity contribution is 6.26. The van der Waals surface area contributed by atoms with Crippen LogP contribution in [0.3, 0.4) is 0 Å². The molecule has 0 aliphatic carbocycles. The Kier molecular flexibility index (Phi) is 9.57. The summed E-state index contributed by atoms with van der Waals surface area (Å²) in [4.78, 5) is 11.1. The van der Waals surface area contributed by atoms with Crippen LogP contribution in [-0.2, 0) is 0 Å². The Bertz CT molecular complexity index is 6380. The zero-order valence-corrected chi connectivity index (χ0v) is 46.9. The SMILES string of the molecule is c1cc(-c2nc(-c3cccc(-n4c5ccccc5c5c6oc7ccccc7c6ccc54)c3)c3cc(-c4ccc(-n5c6ccccc6c6c7oc8ccccc8c7ccc65)cc4)ccc3n2)cc(-n2c3ccccc3c3c4oc5ccccc5c4ccc32)c1. The van der Waals surface area contributed by atoms with Gasteiger partial charge in [-0.15, -0.1) is 0 Å². The molecular formula is C80H45N5O3. The van der Waals surface area contributed by atoms with Crippen LogP contribution in [0.2, 0.25) is 0 Å². The molecule has 0 N–H and O–H groups in total. The van der Waals surface area contributed by atoms with E-state index < -0.39 is 0 Å². The maximum Gasteiger partial charge on any atom is 0.160 e. The topological polar surface area (TPSA) is 80.0 Å². The molecule has 88 heavy (non-hydrogen) atoms. The average molecular weight is 1120 g/mol. The first kappa shape index (κ1) is 47.4. The maximum absolute atomic E-state index is 6.71. The van der Waals surface area contributed by atoms with Crippen molar-refractivity contribution in [1.29, 1.82) is 0 Å². The van der Waals surface area contributed by atoms with Gasteiger partial charge in [-0.3, -0.25) is 0 Å². The Balaban J connectivity index is 0.762. The number of furan rings is 3. The fourth-order valence-corrected chi connectivity index (χ4v) is 14.6. The van der Waals surface area contributed by atoms with Gasteiger partial charge in [0, 0.05) is 82.1 Å². The summed E-state index contributed by atoms with van der Waals surface area (Å²) >= 11 is 0. The van der Waals surface area contributed by atoms with Crippen LogP contribution in [-0.4, -0.2) is 23.7 Å². The van der Waals surface area contributed by atoms with Gasteiger partial charge in [-0.2, -0.15) is 0 Å². The summed E-state index contributed by atoms with van der Waals surface area (Å²) in [5.41, 5.74) is 20.6. The van der Waals surface area contributed by atoms with E-state index in [-0.39, 0.29) is 0 Å². The third-order valence-electron chi connectivity index (χ3n) is 18.4. The Morgan fingerprint density at radius 2 is 0.648 bits per heavy atom. The van der Waals surface area contributed by atoms with Crippen LogP contribution in [0.1, 0.15) is 0 Å². The fraction of sp³-hybridized carbons (Fsp3) is 0. The summed E-state index contributed by atoms with van der Waals surface area (Å²) in [5, 5.41) is 14.3. The van der Waals surface area contributed by atoms with Gasteiger partial charge in [0.05, 0.1) is 60.5 Å². The predicted octanol–water partition coefficient (Wildman–Crippen LogP) is 21.6. The van der Waals surface area contributed by atoms with Gasteiger partial charge in [-0.05, 0) is 132 Å². The molecule has 0 atom stereocenters. The summed E-state index contributed by atoms with van der Waals surface area (Å²) < 4.78 is 27.1. The molecule has 0 amide bonds. The van der Waals surface area contributed by atoms with Gasteiger partial charge in [0.1, 0.15) is 33.5 Å². The second-order valence-electron chi connectivity index (χ2n) is 23.1. The Morgan fingerprint density at radius 3 is 1.14 bits per heavy atom. The first-order chi connectivity index (χ1) is 43.6. The lowest BCUT2D eigenvalue weighted by Gasteiger charge is -2.15. The zero-order valence-electron chi connectivity index (χ0n) is 46.9. The minimum absolute atomic E-state index is 0.627. The van der Waals surface area contributed by atoms with E-state index in [1.54, 1.807) is 0 Å².